The summed E-state index contributed by atoms with van der Waals surface area (Å²) in [6.45, 7) is 0. The number of carbonyl (C=O) groups excluding carboxylic acids is 1. The van der Waals surface area contributed by atoms with Gasteiger partial charge in [0.2, 0.25) is 5.91 Å². The fourth-order valence-corrected chi connectivity index (χ4v) is 3.34. The highest BCUT2D eigenvalue weighted by Gasteiger charge is 2.30. The fourth-order valence-electron chi connectivity index (χ4n) is 3.34. The monoisotopic (exact) mass is 539 g/mol. The van der Waals surface area contributed by atoms with Gasteiger partial charge < -0.3 is 20.4 Å². The highest BCUT2D eigenvalue weighted by atomic mass is 19.4. The highest BCUT2D eigenvalue weighted by Crippen LogP contribution is 2.30. The maximum Gasteiger partial charge on any atom is 0.416 e. The van der Waals surface area contributed by atoms with Crippen LogP contribution in [0.5, 0.6) is 0 Å². The molecule has 4 aromatic rings. The number of nitrogens with one attached hydrogen (secondary N) is 3. The first kappa shape index (κ1) is 28.0. The van der Waals surface area contributed by atoms with Crippen LogP contribution < -0.4 is 11.0 Å². The molecule has 0 saturated carbocycles. The minimum absolute atomic E-state index is 0.0802. The van der Waals surface area contributed by atoms with Crippen LogP contribution in [-0.2, 0) is 34.8 Å². The molecular weight excluding hydrogens is 520 g/mol. The lowest BCUT2D eigenvalue weighted by Crippen LogP contribution is -2.15. The summed E-state index contributed by atoms with van der Waals surface area (Å²) in [7, 11) is 0. The Morgan fingerprint density at radius 1 is 0.737 bits per heavy atom. The molecule has 0 atom stereocenters. The predicted molar refractivity (Wildman–Crippen MR) is 125 cm³/mol. The van der Waals surface area contributed by atoms with Crippen LogP contribution in [0, 0.1) is 0 Å². The van der Waals surface area contributed by atoms with Crippen LogP contribution in [0.15, 0.2) is 71.5 Å². The van der Waals surface area contributed by atoms with E-state index in [1.165, 1.54) is 12.1 Å². The molecule has 0 saturated heterocycles. The lowest BCUT2D eigenvalue weighted by atomic mass is 10.1. The molecule has 0 fully saturated rings. The number of carbonyl (C=O) groups is 2. The molecule has 0 bridgehead atoms. The number of rotatable bonds is 5. The standard InChI is InChI=1S/C16H12F3N3O2.C9H7F3O2/c17-16(18,19)10-6-4-9(5-7-10)8-13(23)20-11-2-1-3-12-14(11)22-15(24)21-12;10-9(11,12)7-3-1-6(2-4-7)5-8(13)14/h1-7H,8H2,(H,20,23)(H2,21,22,24);1-4H,5H2,(H,13,14). The number of aliphatic carboxylic acids is 1. The zero-order chi connectivity index (χ0) is 28.1. The summed E-state index contributed by atoms with van der Waals surface area (Å²) in [5.41, 5.74) is 0.307. The molecule has 13 heteroatoms. The minimum atomic E-state index is -4.41. The molecule has 0 radical (unpaired) electrons. The summed E-state index contributed by atoms with van der Waals surface area (Å²) >= 11 is 0. The number of para-hydroxylation sites is 1. The van der Waals surface area contributed by atoms with Crippen molar-refractivity contribution in [3.8, 4) is 0 Å². The molecule has 38 heavy (non-hydrogen) atoms. The first-order valence-corrected chi connectivity index (χ1v) is 10.8. The van der Waals surface area contributed by atoms with Gasteiger partial charge in [0, 0.05) is 0 Å². The Hall–Kier alpha value is -4.55. The smallest absolute Gasteiger partial charge is 0.416 e. The molecule has 0 unspecified atom stereocenters. The van der Waals surface area contributed by atoms with Gasteiger partial charge in [0.15, 0.2) is 0 Å². The van der Waals surface area contributed by atoms with E-state index in [9.17, 15) is 40.7 Å². The van der Waals surface area contributed by atoms with Gasteiger partial charge in [-0.25, -0.2) is 4.79 Å². The molecule has 3 aromatic carbocycles. The topological polar surface area (TPSA) is 115 Å². The third kappa shape index (κ3) is 7.72. The summed E-state index contributed by atoms with van der Waals surface area (Å²) < 4.78 is 73.7. The average Bonchev–Trinajstić information content (AvgIpc) is 3.20. The molecule has 0 aliphatic heterocycles. The molecule has 1 amide bonds. The van der Waals surface area contributed by atoms with Crippen LogP contribution in [0.3, 0.4) is 0 Å². The summed E-state index contributed by atoms with van der Waals surface area (Å²) in [6, 6.07) is 13.4. The van der Waals surface area contributed by atoms with E-state index in [1.54, 1.807) is 18.2 Å². The van der Waals surface area contributed by atoms with E-state index in [2.05, 4.69) is 15.3 Å². The van der Waals surface area contributed by atoms with Gasteiger partial charge in [-0.3, -0.25) is 9.59 Å². The third-order valence-corrected chi connectivity index (χ3v) is 5.11. The number of anilines is 1. The van der Waals surface area contributed by atoms with E-state index >= 15 is 0 Å². The Morgan fingerprint density at radius 3 is 1.71 bits per heavy atom. The van der Waals surface area contributed by atoms with Gasteiger partial charge >= 0.3 is 24.0 Å². The molecule has 1 heterocycles. The van der Waals surface area contributed by atoms with E-state index < -0.39 is 41.0 Å². The number of benzene rings is 3. The molecule has 1 aromatic heterocycles. The minimum Gasteiger partial charge on any atom is -0.481 e. The number of aromatic amines is 2. The number of hydrogen-bond acceptors (Lipinski definition) is 3. The van der Waals surface area contributed by atoms with Crippen LogP contribution >= 0.6 is 0 Å². The van der Waals surface area contributed by atoms with Gasteiger partial charge in [0.1, 0.15) is 0 Å². The molecular formula is C25H19F6N3O4. The summed E-state index contributed by atoms with van der Waals surface area (Å²) in [5.74, 6) is -1.46. The van der Waals surface area contributed by atoms with Gasteiger partial charge in [0.05, 0.1) is 40.7 Å². The van der Waals surface area contributed by atoms with Gasteiger partial charge in [-0.2, -0.15) is 26.3 Å². The maximum atomic E-state index is 12.5. The van der Waals surface area contributed by atoms with Crippen LogP contribution in [-0.4, -0.2) is 27.0 Å². The lowest BCUT2D eigenvalue weighted by Gasteiger charge is -2.08. The average molecular weight is 539 g/mol. The largest absolute Gasteiger partial charge is 0.481 e. The van der Waals surface area contributed by atoms with Crippen LogP contribution in [0.25, 0.3) is 11.0 Å². The molecule has 4 rings (SSSR count). The van der Waals surface area contributed by atoms with Crippen molar-refractivity contribution < 1.29 is 41.0 Å². The molecule has 200 valence electrons. The zero-order valence-electron chi connectivity index (χ0n) is 19.2. The van der Waals surface area contributed by atoms with Crippen molar-refractivity contribution in [2.75, 3.05) is 5.32 Å². The second kappa shape index (κ2) is 11.2. The van der Waals surface area contributed by atoms with E-state index in [0.717, 1.165) is 36.4 Å². The number of aromatic nitrogens is 2. The van der Waals surface area contributed by atoms with E-state index in [4.69, 9.17) is 5.11 Å². The number of carboxylic acids is 1. The number of imidazole rings is 1. The number of carboxylic acid groups (broad SMARTS) is 1. The number of H-pyrrole nitrogens is 2. The normalized spacial score (nSPS) is 11.5. The van der Waals surface area contributed by atoms with Gasteiger partial charge in [-0.15, -0.1) is 0 Å². The second-order valence-electron chi connectivity index (χ2n) is 7.99. The number of alkyl halides is 6. The quantitative estimate of drug-likeness (QED) is 0.255. The van der Waals surface area contributed by atoms with Gasteiger partial charge in [0.25, 0.3) is 0 Å². The van der Waals surface area contributed by atoms with Crippen LogP contribution in [0.4, 0.5) is 32.0 Å². The summed E-state index contributed by atoms with van der Waals surface area (Å²) in [4.78, 5) is 38.8. The Kier molecular flexibility index (Phi) is 8.29. The summed E-state index contributed by atoms with van der Waals surface area (Å²) in [5, 5.41) is 11.0. The van der Waals surface area contributed by atoms with Crippen molar-refractivity contribution >= 4 is 28.6 Å². The van der Waals surface area contributed by atoms with Gasteiger partial charge in [-0.05, 0) is 47.5 Å². The first-order valence-electron chi connectivity index (χ1n) is 10.8. The maximum absolute atomic E-state index is 12.5. The predicted octanol–water partition coefficient (Wildman–Crippen LogP) is 5.39. The number of hydrogen-bond donors (Lipinski definition) is 4. The fraction of sp³-hybridized carbons (Fsp3) is 0.160. The lowest BCUT2D eigenvalue weighted by molar-refractivity contribution is -0.138. The van der Waals surface area contributed by atoms with Crippen molar-refractivity contribution in [3.63, 3.8) is 0 Å². The first-order chi connectivity index (χ1) is 17.7. The van der Waals surface area contributed by atoms with E-state index in [0.29, 0.717) is 27.8 Å². The third-order valence-electron chi connectivity index (χ3n) is 5.11. The van der Waals surface area contributed by atoms with Crippen molar-refractivity contribution in [2.45, 2.75) is 25.2 Å². The van der Waals surface area contributed by atoms with Crippen molar-refractivity contribution in [2.24, 2.45) is 0 Å². The Morgan fingerprint density at radius 2 is 1.24 bits per heavy atom. The van der Waals surface area contributed by atoms with Gasteiger partial charge in [-0.1, -0.05) is 30.3 Å². The molecule has 0 aliphatic carbocycles. The SMILES string of the molecule is O=C(Cc1ccc(C(F)(F)F)cc1)Nc1cccc2[nH]c(=O)[nH]c12.O=C(O)Cc1ccc(C(F)(F)F)cc1. The Bertz CT molecular complexity index is 1470. The molecule has 0 spiro atoms. The number of halogens is 6. The van der Waals surface area contributed by atoms with Crippen LogP contribution in [0.2, 0.25) is 0 Å². The highest BCUT2D eigenvalue weighted by molar-refractivity contribution is 6.00. The zero-order valence-corrected chi connectivity index (χ0v) is 19.2. The number of fused-ring (bicyclic) bond motifs is 1. The van der Waals surface area contributed by atoms with Crippen molar-refractivity contribution in [1.29, 1.82) is 0 Å². The van der Waals surface area contributed by atoms with E-state index in [-0.39, 0.29) is 12.8 Å². The summed E-state index contributed by atoms with van der Waals surface area (Å²) in [6.07, 6.45) is -9.13. The molecule has 0 aliphatic rings. The number of amides is 1. The van der Waals surface area contributed by atoms with Crippen molar-refractivity contribution in [3.05, 3.63) is 99.5 Å². The Labute approximate surface area is 210 Å². The Balaban J connectivity index is 0.000000244. The van der Waals surface area contributed by atoms with Crippen molar-refractivity contribution in [1.82, 2.24) is 9.97 Å². The molecule has 7 nitrogen and oxygen atoms in total. The van der Waals surface area contributed by atoms with E-state index in [1.807, 2.05) is 0 Å². The molecule has 4 N–H and O–H groups in total. The second-order valence-corrected chi connectivity index (χ2v) is 7.99. The van der Waals surface area contributed by atoms with Crippen LogP contribution in [0.1, 0.15) is 22.3 Å².